The van der Waals surface area contributed by atoms with Crippen LogP contribution >= 0.6 is 11.6 Å². The van der Waals surface area contributed by atoms with Crippen molar-refractivity contribution in [2.75, 3.05) is 12.4 Å². The first-order valence-corrected chi connectivity index (χ1v) is 7.69. The molecule has 1 aliphatic carbocycles. The van der Waals surface area contributed by atoms with Crippen LogP contribution < -0.4 is 4.72 Å². The minimum absolute atomic E-state index is 0.109. The molecule has 96 valence electrons. The van der Waals surface area contributed by atoms with E-state index in [1.54, 1.807) is 0 Å². The van der Waals surface area contributed by atoms with Gasteiger partial charge in [0.25, 0.3) is 10.0 Å². The Balaban J connectivity index is 1.94. The maximum atomic E-state index is 11.8. The first-order chi connectivity index (χ1) is 8.13. The lowest BCUT2D eigenvalue weighted by Crippen LogP contribution is -2.31. The average molecular weight is 278 g/mol. The molecule has 0 saturated heterocycles. The van der Waals surface area contributed by atoms with Gasteiger partial charge in [-0.05, 0) is 24.7 Å². The molecule has 0 radical (unpaired) electrons. The van der Waals surface area contributed by atoms with Gasteiger partial charge >= 0.3 is 0 Å². The summed E-state index contributed by atoms with van der Waals surface area (Å²) in [5.74, 6) is 1.39. The van der Waals surface area contributed by atoms with Crippen LogP contribution in [0.5, 0.6) is 0 Å². The highest BCUT2D eigenvalue weighted by Crippen LogP contribution is 2.32. The summed E-state index contributed by atoms with van der Waals surface area (Å²) < 4.78 is 26.3. The number of alkyl halides is 1. The predicted octanol–water partition coefficient (Wildman–Crippen LogP) is 1.34. The summed E-state index contributed by atoms with van der Waals surface area (Å²) in [5.41, 5.74) is 0. The summed E-state index contributed by atoms with van der Waals surface area (Å²) in [5, 5.41) is 0.109. The van der Waals surface area contributed by atoms with Crippen LogP contribution in [0.2, 0.25) is 0 Å². The Labute approximate surface area is 106 Å². The Hall–Kier alpha value is -0.590. The molecule has 1 fully saturated rings. The largest absolute Gasteiger partial charge is 0.335 e. The fourth-order valence-electron chi connectivity index (χ4n) is 2.27. The number of nitrogens with zero attached hydrogens (tertiary/aromatic N) is 1. The fraction of sp³-hybridized carbons (Fsp3) is 0.700. The van der Waals surface area contributed by atoms with E-state index < -0.39 is 10.0 Å². The molecule has 2 unspecified atom stereocenters. The fourth-order valence-corrected chi connectivity index (χ4v) is 3.67. The molecule has 1 aliphatic rings. The Bertz CT molecular complexity index is 446. The molecule has 2 rings (SSSR count). The monoisotopic (exact) mass is 277 g/mol. The van der Waals surface area contributed by atoms with E-state index in [1.807, 2.05) is 0 Å². The number of aromatic nitrogens is 2. The lowest BCUT2D eigenvalue weighted by Gasteiger charge is -2.17. The second kappa shape index (κ2) is 5.37. The molecule has 0 aliphatic heterocycles. The summed E-state index contributed by atoms with van der Waals surface area (Å²) in [6, 6.07) is 0. The second-order valence-corrected chi connectivity index (χ2v) is 6.42. The highest BCUT2D eigenvalue weighted by atomic mass is 35.5. The molecule has 0 spiro atoms. The smallest absolute Gasteiger partial charge is 0.257 e. The second-order valence-electron chi connectivity index (χ2n) is 4.37. The first-order valence-electron chi connectivity index (χ1n) is 5.67. The Kier molecular flexibility index (Phi) is 4.06. The van der Waals surface area contributed by atoms with Gasteiger partial charge in [0.15, 0.2) is 5.03 Å². The van der Waals surface area contributed by atoms with Crippen molar-refractivity contribution >= 4 is 21.6 Å². The first kappa shape index (κ1) is 12.9. The molecular formula is C10H16ClN3O2S. The van der Waals surface area contributed by atoms with Crippen LogP contribution in [0, 0.1) is 11.8 Å². The summed E-state index contributed by atoms with van der Waals surface area (Å²) in [4.78, 5) is 6.29. The Morgan fingerprint density at radius 1 is 1.47 bits per heavy atom. The van der Waals surface area contributed by atoms with Crippen molar-refractivity contribution in [3.63, 3.8) is 0 Å². The molecule has 1 aromatic rings. The summed E-state index contributed by atoms with van der Waals surface area (Å²) in [7, 11) is -3.45. The summed E-state index contributed by atoms with van der Waals surface area (Å²) in [6.45, 7) is 0.457. The number of hydrogen-bond donors (Lipinski definition) is 2. The van der Waals surface area contributed by atoms with E-state index in [-0.39, 0.29) is 5.03 Å². The SMILES string of the molecule is O=S(=O)(NCC1CCCC1CCl)c1cnc[nH]1. The van der Waals surface area contributed by atoms with Crippen LogP contribution in [0.3, 0.4) is 0 Å². The zero-order valence-electron chi connectivity index (χ0n) is 9.39. The van der Waals surface area contributed by atoms with Crippen molar-refractivity contribution < 1.29 is 8.42 Å². The van der Waals surface area contributed by atoms with Gasteiger partial charge in [-0.2, -0.15) is 0 Å². The molecule has 0 bridgehead atoms. The standard InChI is InChI=1S/C10H16ClN3O2S/c11-4-8-2-1-3-9(8)5-14-17(15,16)10-6-12-7-13-10/h6-9,14H,1-5H2,(H,12,13). The van der Waals surface area contributed by atoms with Gasteiger partial charge in [0.2, 0.25) is 0 Å². The van der Waals surface area contributed by atoms with Crippen LogP contribution in [0.15, 0.2) is 17.6 Å². The van der Waals surface area contributed by atoms with E-state index in [0.29, 0.717) is 24.3 Å². The van der Waals surface area contributed by atoms with Gasteiger partial charge in [-0.15, -0.1) is 11.6 Å². The third-order valence-electron chi connectivity index (χ3n) is 3.31. The predicted molar refractivity (Wildman–Crippen MR) is 65.3 cm³/mol. The van der Waals surface area contributed by atoms with Crippen molar-refractivity contribution in [3.8, 4) is 0 Å². The van der Waals surface area contributed by atoms with Gasteiger partial charge in [0.1, 0.15) is 0 Å². The van der Waals surface area contributed by atoms with Crippen molar-refractivity contribution in [2.45, 2.75) is 24.3 Å². The van der Waals surface area contributed by atoms with Gasteiger partial charge in [-0.25, -0.2) is 18.1 Å². The van der Waals surface area contributed by atoms with Gasteiger partial charge in [0.05, 0.1) is 12.5 Å². The van der Waals surface area contributed by atoms with E-state index in [9.17, 15) is 8.42 Å². The molecule has 7 heteroatoms. The highest BCUT2D eigenvalue weighted by molar-refractivity contribution is 7.89. The molecule has 2 atom stereocenters. The lowest BCUT2D eigenvalue weighted by atomic mass is 9.98. The van der Waals surface area contributed by atoms with E-state index >= 15 is 0 Å². The quantitative estimate of drug-likeness (QED) is 0.798. The normalized spacial score (nSPS) is 25.2. The van der Waals surface area contributed by atoms with Crippen molar-refractivity contribution in [3.05, 3.63) is 12.5 Å². The van der Waals surface area contributed by atoms with Crippen molar-refractivity contribution in [1.29, 1.82) is 0 Å². The number of aromatic amines is 1. The molecular weight excluding hydrogens is 262 g/mol. The van der Waals surface area contributed by atoms with Crippen LogP contribution in [0.4, 0.5) is 0 Å². The van der Waals surface area contributed by atoms with Crippen LogP contribution in [-0.4, -0.2) is 30.8 Å². The third-order valence-corrected chi connectivity index (χ3v) is 5.06. The average Bonchev–Trinajstić information content (AvgIpc) is 2.97. The number of halogens is 1. The highest BCUT2D eigenvalue weighted by Gasteiger charge is 2.28. The Morgan fingerprint density at radius 3 is 2.88 bits per heavy atom. The number of hydrogen-bond acceptors (Lipinski definition) is 3. The van der Waals surface area contributed by atoms with Gasteiger partial charge in [-0.3, -0.25) is 0 Å². The number of H-pyrrole nitrogens is 1. The molecule has 1 aromatic heterocycles. The minimum Gasteiger partial charge on any atom is -0.335 e. The van der Waals surface area contributed by atoms with E-state index in [4.69, 9.17) is 11.6 Å². The summed E-state index contributed by atoms with van der Waals surface area (Å²) in [6.07, 6.45) is 5.93. The zero-order chi connectivity index (χ0) is 12.3. The molecule has 1 saturated carbocycles. The van der Waals surface area contributed by atoms with Gasteiger partial charge in [-0.1, -0.05) is 6.42 Å². The molecule has 0 aromatic carbocycles. The third kappa shape index (κ3) is 3.00. The van der Waals surface area contributed by atoms with Crippen molar-refractivity contribution in [1.82, 2.24) is 14.7 Å². The van der Waals surface area contributed by atoms with Crippen LogP contribution in [-0.2, 0) is 10.0 Å². The summed E-state index contributed by atoms with van der Waals surface area (Å²) >= 11 is 5.86. The van der Waals surface area contributed by atoms with Crippen molar-refractivity contribution in [2.24, 2.45) is 11.8 Å². The number of rotatable bonds is 5. The maximum Gasteiger partial charge on any atom is 0.257 e. The number of nitrogens with one attached hydrogen (secondary N) is 2. The van der Waals surface area contributed by atoms with E-state index in [2.05, 4.69) is 14.7 Å². The molecule has 0 amide bonds. The minimum atomic E-state index is -3.45. The van der Waals surface area contributed by atoms with E-state index in [0.717, 1.165) is 19.3 Å². The molecule has 1 heterocycles. The molecule has 5 nitrogen and oxygen atoms in total. The number of sulfonamides is 1. The molecule has 2 N–H and O–H groups in total. The Morgan fingerprint density at radius 2 is 2.24 bits per heavy atom. The topological polar surface area (TPSA) is 74.8 Å². The van der Waals surface area contributed by atoms with Gasteiger partial charge in [0, 0.05) is 12.4 Å². The zero-order valence-corrected chi connectivity index (χ0v) is 11.0. The number of imidazole rings is 1. The van der Waals surface area contributed by atoms with E-state index in [1.165, 1.54) is 12.5 Å². The van der Waals surface area contributed by atoms with Gasteiger partial charge < -0.3 is 4.98 Å². The van der Waals surface area contributed by atoms with Crippen LogP contribution in [0.1, 0.15) is 19.3 Å². The molecule has 17 heavy (non-hydrogen) atoms. The maximum absolute atomic E-state index is 11.8. The lowest BCUT2D eigenvalue weighted by molar-refractivity contribution is 0.418. The van der Waals surface area contributed by atoms with Crippen LogP contribution in [0.25, 0.3) is 0 Å².